The van der Waals surface area contributed by atoms with Gasteiger partial charge in [0.15, 0.2) is 6.04 Å². The van der Waals surface area contributed by atoms with E-state index in [1.807, 2.05) is 91.0 Å². The highest BCUT2D eigenvalue weighted by molar-refractivity contribution is 6.08. The Balaban J connectivity index is 0.971. The molecule has 0 radical (unpaired) electrons. The van der Waals surface area contributed by atoms with E-state index in [1.165, 1.54) is 32.4 Å². The van der Waals surface area contributed by atoms with Gasteiger partial charge in [-0.2, -0.15) is 0 Å². The van der Waals surface area contributed by atoms with Crippen molar-refractivity contribution in [3.8, 4) is 0 Å². The first kappa shape index (κ1) is 47.7. The summed E-state index contributed by atoms with van der Waals surface area (Å²) >= 11 is 0. The van der Waals surface area contributed by atoms with E-state index in [4.69, 9.17) is 14.2 Å². The summed E-state index contributed by atoms with van der Waals surface area (Å²) in [5.74, 6) is -2.17. The van der Waals surface area contributed by atoms with E-state index in [0.717, 1.165) is 47.4 Å². The van der Waals surface area contributed by atoms with Gasteiger partial charge in [0.2, 0.25) is 17.8 Å². The number of benzene rings is 3. The molecule has 0 saturated carbocycles. The van der Waals surface area contributed by atoms with Crippen molar-refractivity contribution in [3.05, 3.63) is 108 Å². The van der Waals surface area contributed by atoms with E-state index in [9.17, 15) is 28.8 Å². The van der Waals surface area contributed by atoms with Crippen molar-refractivity contribution in [2.75, 3.05) is 58.9 Å². The van der Waals surface area contributed by atoms with Crippen molar-refractivity contribution in [2.45, 2.75) is 90.1 Å². The summed E-state index contributed by atoms with van der Waals surface area (Å²) in [4.78, 5) is 94.2. The van der Waals surface area contributed by atoms with Gasteiger partial charge in [0.05, 0.1) is 5.92 Å². The normalized spacial score (nSPS) is 20.3. The molecule has 3 aromatic rings. The molecule has 16 nitrogen and oxygen atoms in total. The number of piperidine rings is 2. The Morgan fingerprint density at radius 2 is 1.21 bits per heavy atom. The average molecular weight is 906 g/mol. The number of ether oxygens (including phenoxy) is 3. The van der Waals surface area contributed by atoms with Gasteiger partial charge in [0.1, 0.15) is 19.8 Å². The Hall–Kier alpha value is -6.29. The molecule has 4 aliphatic heterocycles. The number of urea groups is 1. The SMILES string of the molecule is O=C(/N=C(\NC(=O)OCc1ccccc1)N1CCCC(CC2C(=O)N(C(=O)N3CCN(C(=O)CCCCCN4CCCCC4)CC3)C2C(=O)OCc2ccccc2)C1)OCc1ccccc1. The molecule has 3 unspecified atom stereocenters. The van der Waals surface area contributed by atoms with Crippen molar-refractivity contribution >= 4 is 42.0 Å². The maximum Gasteiger partial charge on any atom is 0.437 e. The second-order valence-electron chi connectivity index (χ2n) is 17.6. The summed E-state index contributed by atoms with van der Waals surface area (Å²) in [7, 11) is 0. The fourth-order valence-corrected chi connectivity index (χ4v) is 9.18. The van der Waals surface area contributed by atoms with Crippen molar-refractivity contribution in [1.29, 1.82) is 0 Å². The van der Waals surface area contributed by atoms with Crippen LogP contribution in [0.15, 0.2) is 96.0 Å². The number of guanidine groups is 1. The largest absolute Gasteiger partial charge is 0.459 e. The predicted molar refractivity (Wildman–Crippen MR) is 245 cm³/mol. The van der Waals surface area contributed by atoms with E-state index in [1.54, 1.807) is 14.7 Å². The number of hydrogen-bond donors (Lipinski definition) is 1. The zero-order valence-corrected chi connectivity index (χ0v) is 37.8. The Morgan fingerprint density at radius 3 is 1.85 bits per heavy atom. The number of unbranched alkanes of at least 4 members (excludes halogenated alkanes) is 2. The minimum atomic E-state index is -1.15. The maximum atomic E-state index is 14.1. The maximum absolute atomic E-state index is 14.1. The molecule has 352 valence electrons. The van der Waals surface area contributed by atoms with Crippen LogP contribution in [0.1, 0.15) is 80.9 Å². The number of aliphatic imine (C=N–C) groups is 1. The highest BCUT2D eigenvalue weighted by Gasteiger charge is 2.57. The van der Waals surface area contributed by atoms with Crippen LogP contribution in [0.4, 0.5) is 14.4 Å². The standard InChI is InChI=1S/C50H63N7O9/c58-43(24-12-4-13-25-53-26-14-5-15-27-53)54-29-31-55(32-30-54)50(63)57-44(46(60)64-35-38-17-6-1-7-18-38)42(45(57)59)33-41-23-16-28-56(34-41)47(51-48(61)65-36-39-19-8-2-9-20-39)52-49(62)66-37-40-21-10-3-11-22-40/h1-3,6-11,17-22,41-42,44H,4-5,12-16,23-37H2,(H,51,52,61,62). The topological polar surface area (TPSA) is 171 Å². The summed E-state index contributed by atoms with van der Waals surface area (Å²) in [5, 5.41) is 2.64. The fraction of sp³-hybridized carbons (Fsp3) is 0.500. The average Bonchev–Trinajstić information content (AvgIpc) is 3.36. The molecule has 0 bridgehead atoms. The van der Waals surface area contributed by atoms with Gasteiger partial charge in [-0.3, -0.25) is 14.9 Å². The van der Waals surface area contributed by atoms with E-state index >= 15 is 0 Å². The minimum Gasteiger partial charge on any atom is -0.459 e. The van der Waals surface area contributed by atoms with Crippen molar-refractivity contribution in [2.24, 2.45) is 16.8 Å². The van der Waals surface area contributed by atoms with Crippen LogP contribution >= 0.6 is 0 Å². The lowest BCUT2D eigenvalue weighted by molar-refractivity contribution is -0.172. The number of piperazine rings is 1. The van der Waals surface area contributed by atoms with Gasteiger partial charge in [0.25, 0.3) is 0 Å². The first-order valence-corrected chi connectivity index (χ1v) is 23.6. The number of rotatable bonds is 15. The highest BCUT2D eigenvalue weighted by Crippen LogP contribution is 2.37. The van der Waals surface area contributed by atoms with Crippen LogP contribution in [0.5, 0.6) is 0 Å². The van der Waals surface area contributed by atoms with Crippen LogP contribution in [0.3, 0.4) is 0 Å². The molecule has 3 atom stereocenters. The number of imide groups is 1. The molecule has 4 saturated heterocycles. The minimum absolute atomic E-state index is 0.00522. The summed E-state index contributed by atoms with van der Waals surface area (Å²) in [6.45, 7) is 5.27. The van der Waals surface area contributed by atoms with E-state index < -0.39 is 42.1 Å². The van der Waals surface area contributed by atoms with Crippen molar-refractivity contribution in [1.82, 2.24) is 29.8 Å². The number of nitrogens with one attached hydrogen (secondary N) is 1. The first-order chi connectivity index (χ1) is 32.2. The molecule has 3 aromatic carbocycles. The first-order valence-electron chi connectivity index (χ1n) is 23.6. The number of β-lactam (4-membered cyclic amide) rings is 1. The molecule has 4 fully saturated rings. The fourth-order valence-electron chi connectivity index (χ4n) is 9.18. The van der Waals surface area contributed by atoms with Crippen LogP contribution in [-0.4, -0.2) is 131 Å². The number of likely N-dealkylation sites (tertiary alicyclic amines) is 3. The molecular formula is C50H63N7O9. The number of esters is 1. The van der Waals surface area contributed by atoms with E-state index in [0.29, 0.717) is 38.9 Å². The summed E-state index contributed by atoms with van der Waals surface area (Å²) in [6, 6.07) is 25.8. The quantitative estimate of drug-likeness (QED) is 0.0436. The number of hydrogen-bond acceptors (Lipinski definition) is 10. The Morgan fingerprint density at radius 1 is 0.621 bits per heavy atom. The molecule has 0 aliphatic carbocycles. The van der Waals surface area contributed by atoms with Gasteiger partial charge >= 0.3 is 24.2 Å². The van der Waals surface area contributed by atoms with Gasteiger partial charge in [-0.25, -0.2) is 24.1 Å². The number of alkyl carbamates (subject to hydrolysis) is 1. The second-order valence-corrected chi connectivity index (χ2v) is 17.6. The monoisotopic (exact) mass is 905 g/mol. The van der Waals surface area contributed by atoms with Crippen molar-refractivity contribution < 1.29 is 43.0 Å². The number of nitrogens with zero attached hydrogens (tertiary/aromatic N) is 6. The van der Waals surface area contributed by atoms with Crippen LogP contribution in [0, 0.1) is 11.8 Å². The molecule has 16 heteroatoms. The third-order valence-corrected chi connectivity index (χ3v) is 12.8. The molecule has 4 aliphatic rings. The van der Waals surface area contributed by atoms with Gasteiger partial charge in [0, 0.05) is 45.7 Å². The molecule has 0 aromatic heterocycles. The third kappa shape index (κ3) is 13.6. The smallest absolute Gasteiger partial charge is 0.437 e. The molecule has 6 amide bonds. The lowest BCUT2D eigenvalue weighted by Gasteiger charge is -2.48. The van der Waals surface area contributed by atoms with Gasteiger partial charge in [-0.1, -0.05) is 104 Å². The van der Waals surface area contributed by atoms with E-state index in [-0.39, 0.29) is 63.7 Å². The number of amides is 6. The molecular weight excluding hydrogens is 843 g/mol. The van der Waals surface area contributed by atoms with Gasteiger partial charge in [-0.15, -0.1) is 4.99 Å². The van der Waals surface area contributed by atoms with Crippen LogP contribution in [0.25, 0.3) is 0 Å². The number of carbonyl (C=O) groups is 6. The third-order valence-electron chi connectivity index (χ3n) is 12.8. The zero-order chi connectivity index (χ0) is 46.1. The van der Waals surface area contributed by atoms with Crippen LogP contribution in [0.2, 0.25) is 0 Å². The van der Waals surface area contributed by atoms with Gasteiger partial charge in [-0.05, 0) is 87.2 Å². The second kappa shape index (κ2) is 24.3. The lowest BCUT2D eigenvalue weighted by atomic mass is 9.78. The Labute approximate surface area is 387 Å². The summed E-state index contributed by atoms with van der Waals surface area (Å²) in [6.07, 6.45) is 7.04. The van der Waals surface area contributed by atoms with Crippen LogP contribution in [-0.2, 0) is 48.4 Å². The molecule has 66 heavy (non-hydrogen) atoms. The summed E-state index contributed by atoms with van der Waals surface area (Å²) < 4.78 is 16.7. The molecule has 7 rings (SSSR count). The number of carbonyl (C=O) groups excluding carboxylic acids is 6. The summed E-state index contributed by atoms with van der Waals surface area (Å²) in [5.41, 5.74) is 2.31. The van der Waals surface area contributed by atoms with Crippen molar-refractivity contribution in [3.63, 3.8) is 0 Å². The zero-order valence-electron chi connectivity index (χ0n) is 37.8. The highest BCUT2D eigenvalue weighted by atomic mass is 16.6. The predicted octanol–water partition coefficient (Wildman–Crippen LogP) is 6.59. The Bertz CT molecular complexity index is 2110. The lowest BCUT2D eigenvalue weighted by Crippen LogP contribution is -2.70. The van der Waals surface area contributed by atoms with Crippen LogP contribution < -0.4 is 5.32 Å². The molecule has 1 N–H and O–H groups in total. The Kier molecular flexibility index (Phi) is 17.5. The molecule has 0 spiro atoms. The van der Waals surface area contributed by atoms with E-state index in [2.05, 4.69) is 15.2 Å². The van der Waals surface area contributed by atoms with Gasteiger partial charge < -0.3 is 33.8 Å². The molecule has 4 heterocycles.